The second-order valence-corrected chi connectivity index (χ2v) is 5.38. The third-order valence-electron chi connectivity index (χ3n) is 2.86. The first-order chi connectivity index (χ1) is 10.2. The monoisotopic (exact) mass is 307 g/mol. The van der Waals surface area contributed by atoms with E-state index in [4.69, 9.17) is 0 Å². The maximum Gasteiger partial charge on any atom is 0.192 e. The summed E-state index contributed by atoms with van der Waals surface area (Å²) in [6.45, 7) is 6.11. The largest absolute Gasteiger partial charge is 0.357 e. The SMILES string of the molecule is CCNC(=NCc1csc(CC)n1)NCc1ncnn1C. The highest BCUT2D eigenvalue weighted by molar-refractivity contribution is 7.09. The van der Waals surface area contributed by atoms with Gasteiger partial charge in [-0.1, -0.05) is 6.92 Å². The number of guanidine groups is 1. The van der Waals surface area contributed by atoms with Crippen molar-refractivity contribution in [3.05, 3.63) is 28.2 Å². The third kappa shape index (κ3) is 4.52. The van der Waals surface area contributed by atoms with Crippen LogP contribution in [-0.2, 0) is 26.6 Å². The van der Waals surface area contributed by atoms with Gasteiger partial charge in [0.1, 0.15) is 12.2 Å². The molecule has 114 valence electrons. The third-order valence-corrected chi connectivity index (χ3v) is 3.91. The molecule has 2 heterocycles. The van der Waals surface area contributed by atoms with Crippen molar-refractivity contribution < 1.29 is 0 Å². The van der Waals surface area contributed by atoms with E-state index >= 15 is 0 Å². The van der Waals surface area contributed by atoms with Crippen molar-refractivity contribution in [1.29, 1.82) is 0 Å². The Kier molecular flexibility index (Phi) is 5.68. The molecule has 0 aliphatic heterocycles. The van der Waals surface area contributed by atoms with Gasteiger partial charge in [-0.15, -0.1) is 11.3 Å². The Bertz CT molecular complexity index is 587. The molecule has 21 heavy (non-hydrogen) atoms. The Morgan fingerprint density at radius 2 is 2.24 bits per heavy atom. The minimum Gasteiger partial charge on any atom is -0.357 e. The van der Waals surface area contributed by atoms with E-state index in [-0.39, 0.29) is 0 Å². The van der Waals surface area contributed by atoms with Crippen molar-refractivity contribution in [3.8, 4) is 0 Å². The van der Waals surface area contributed by atoms with Crippen LogP contribution in [0.4, 0.5) is 0 Å². The normalized spacial score (nSPS) is 11.7. The molecule has 0 aromatic carbocycles. The summed E-state index contributed by atoms with van der Waals surface area (Å²) in [6.07, 6.45) is 2.52. The zero-order valence-electron chi connectivity index (χ0n) is 12.6. The first-order valence-electron chi connectivity index (χ1n) is 7.01. The van der Waals surface area contributed by atoms with Crippen LogP contribution in [0.5, 0.6) is 0 Å². The fraction of sp³-hybridized carbons (Fsp3) is 0.538. The molecule has 8 heteroatoms. The molecule has 7 nitrogen and oxygen atoms in total. The highest BCUT2D eigenvalue weighted by Gasteiger charge is 2.04. The van der Waals surface area contributed by atoms with Crippen LogP contribution in [0.3, 0.4) is 0 Å². The average Bonchev–Trinajstić information content (AvgIpc) is 3.11. The van der Waals surface area contributed by atoms with Gasteiger partial charge >= 0.3 is 0 Å². The van der Waals surface area contributed by atoms with Crippen molar-refractivity contribution in [2.24, 2.45) is 12.0 Å². The summed E-state index contributed by atoms with van der Waals surface area (Å²) in [5, 5.41) is 13.7. The number of aryl methyl sites for hydroxylation is 2. The molecule has 2 rings (SSSR count). The molecule has 0 fully saturated rings. The van der Waals surface area contributed by atoms with E-state index in [1.165, 1.54) is 0 Å². The van der Waals surface area contributed by atoms with Crippen LogP contribution in [0, 0.1) is 0 Å². The van der Waals surface area contributed by atoms with Gasteiger partial charge in [0.05, 0.1) is 23.8 Å². The molecule has 0 saturated carbocycles. The summed E-state index contributed by atoms with van der Waals surface area (Å²) in [4.78, 5) is 13.2. The van der Waals surface area contributed by atoms with Crippen LogP contribution < -0.4 is 10.6 Å². The molecule has 0 spiro atoms. The number of hydrogen-bond donors (Lipinski definition) is 2. The van der Waals surface area contributed by atoms with Gasteiger partial charge < -0.3 is 10.6 Å². The predicted molar refractivity (Wildman–Crippen MR) is 84.2 cm³/mol. The summed E-state index contributed by atoms with van der Waals surface area (Å²) in [7, 11) is 1.87. The Balaban J connectivity index is 1.93. The second-order valence-electron chi connectivity index (χ2n) is 4.43. The van der Waals surface area contributed by atoms with Crippen molar-refractivity contribution in [2.45, 2.75) is 33.4 Å². The van der Waals surface area contributed by atoms with Gasteiger partial charge in [-0.05, 0) is 13.3 Å². The molecule has 0 atom stereocenters. The standard InChI is InChI=1S/C13H21N7S/c1-4-12-19-10(8-21-12)6-15-13(14-5-2)16-7-11-17-9-18-20(11)3/h8-9H,4-7H2,1-3H3,(H2,14,15,16). The molecule has 0 aliphatic rings. The van der Waals surface area contributed by atoms with E-state index in [9.17, 15) is 0 Å². The lowest BCUT2D eigenvalue weighted by atomic mass is 10.4. The van der Waals surface area contributed by atoms with Crippen molar-refractivity contribution in [2.75, 3.05) is 6.54 Å². The Labute approximate surface area is 128 Å². The minimum absolute atomic E-state index is 0.574. The van der Waals surface area contributed by atoms with E-state index in [1.54, 1.807) is 22.3 Å². The number of rotatable bonds is 6. The number of nitrogens with one attached hydrogen (secondary N) is 2. The van der Waals surface area contributed by atoms with Gasteiger partial charge in [-0.3, -0.25) is 4.68 Å². The van der Waals surface area contributed by atoms with Gasteiger partial charge in [0.25, 0.3) is 0 Å². The first kappa shape index (κ1) is 15.4. The van der Waals surface area contributed by atoms with Crippen LogP contribution >= 0.6 is 11.3 Å². The van der Waals surface area contributed by atoms with Crippen molar-refractivity contribution >= 4 is 17.3 Å². The highest BCUT2D eigenvalue weighted by Crippen LogP contribution is 2.10. The maximum absolute atomic E-state index is 4.54. The zero-order chi connectivity index (χ0) is 15.1. The molecule has 2 aromatic heterocycles. The van der Waals surface area contributed by atoms with Gasteiger partial charge in [0.15, 0.2) is 5.96 Å². The minimum atomic E-state index is 0.574. The number of thiazole rings is 1. The summed E-state index contributed by atoms with van der Waals surface area (Å²) < 4.78 is 1.74. The lowest BCUT2D eigenvalue weighted by Crippen LogP contribution is -2.37. The summed E-state index contributed by atoms with van der Waals surface area (Å²) >= 11 is 1.69. The number of nitrogens with zero attached hydrogens (tertiary/aromatic N) is 5. The molecule has 0 unspecified atom stereocenters. The Hall–Kier alpha value is -1.96. The van der Waals surface area contributed by atoms with Crippen molar-refractivity contribution in [3.63, 3.8) is 0 Å². The van der Waals surface area contributed by atoms with Gasteiger partial charge in [0.2, 0.25) is 0 Å². The molecule has 2 aromatic rings. The van der Waals surface area contributed by atoms with Crippen LogP contribution in [0.1, 0.15) is 30.4 Å². The maximum atomic E-state index is 4.54. The molecular weight excluding hydrogens is 286 g/mol. The van der Waals surface area contributed by atoms with Gasteiger partial charge in [-0.25, -0.2) is 15.0 Å². The molecular formula is C13H21N7S. The van der Waals surface area contributed by atoms with E-state index < -0.39 is 0 Å². The fourth-order valence-corrected chi connectivity index (χ4v) is 2.46. The summed E-state index contributed by atoms with van der Waals surface area (Å²) in [5.41, 5.74) is 1.01. The van der Waals surface area contributed by atoms with Crippen LogP contribution in [-0.4, -0.2) is 32.3 Å². The number of hydrogen-bond acceptors (Lipinski definition) is 5. The highest BCUT2D eigenvalue weighted by atomic mass is 32.1. The molecule has 0 saturated heterocycles. The second kappa shape index (κ2) is 7.72. The Morgan fingerprint density at radius 1 is 1.38 bits per heavy atom. The van der Waals surface area contributed by atoms with E-state index in [2.05, 4.69) is 43.0 Å². The molecule has 0 amide bonds. The van der Waals surface area contributed by atoms with Gasteiger partial charge in [0, 0.05) is 19.0 Å². The van der Waals surface area contributed by atoms with Crippen molar-refractivity contribution in [1.82, 2.24) is 30.4 Å². The van der Waals surface area contributed by atoms with Crippen LogP contribution in [0.25, 0.3) is 0 Å². The average molecular weight is 307 g/mol. The fourth-order valence-electron chi connectivity index (χ4n) is 1.73. The topological polar surface area (TPSA) is 80.0 Å². The number of aliphatic imine (C=N–C) groups is 1. The first-order valence-corrected chi connectivity index (χ1v) is 7.89. The van der Waals surface area contributed by atoms with E-state index in [0.29, 0.717) is 13.1 Å². The summed E-state index contributed by atoms with van der Waals surface area (Å²) in [5.74, 6) is 1.62. The van der Waals surface area contributed by atoms with E-state index in [0.717, 1.165) is 35.5 Å². The van der Waals surface area contributed by atoms with Crippen LogP contribution in [0.15, 0.2) is 16.7 Å². The predicted octanol–water partition coefficient (Wildman–Crippen LogP) is 1.09. The molecule has 0 radical (unpaired) electrons. The summed E-state index contributed by atoms with van der Waals surface area (Å²) in [6, 6.07) is 0. The quantitative estimate of drug-likeness (QED) is 0.617. The van der Waals surface area contributed by atoms with Crippen LogP contribution in [0.2, 0.25) is 0 Å². The Morgan fingerprint density at radius 3 is 2.86 bits per heavy atom. The zero-order valence-corrected chi connectivity index (χ0v) is 13.4. The number of aromatic nitrogens is 4. The van der Waals surface area contributed by atoms with Gasteiger partial charge in [-0.2, -0.15) is 5.10 Å². The molecule has 0 aliphatic carbocycles. The molecule has 0 bridgehead atoms. The lowest BCUT2D eigenvalue weighted by molar-refractivity contribution is 0.673. The smallest absolute Gasteiger partial charge is 0.192 e. The molecule has 2 N–H and O–H groups in total. The van der Waals surface area contributed by atoms with E-state index in [1.807, 2.05) is 14.0 Å². The lowest BCUT2D eigenvalue weighted by Gasteiger charge is -2.10.